The number of hydrogen-bond acceptors (Lipinski definition) is 4. The number of aryl methyl sites for hydroxylation is 3. The monoisotopic (exact) mass is 597 g/mol. The van der Waals surface area contributed by atoms with Crippen LogP contribution in [0.5, 0.6) is 0 Å². The van der Waals surface area contributed by atoms with Crippen LogP contribution in [0.3, 0.4) is 0 Å². The molecule has 1 N–H and O–H groups in total. The molecule has 224 valence electrons. The van der Waals surface area contributed by atoms with E-state index in [2.05, 4.69) is 5.32 Å². The zero-order valence-corrected chi connectivity index (χ0v) is 26.2. The molecular weight excluding hydrogens is 558 g/mol. The first-order valence-electron chi connectivity index (χ1n) is 14.3. The number of nitrogens with zero attached hydrogens (tertiary/aromatic N) is 2. The van der Waals surface area contributed by atoms with Gasteiger partial charge < -0.3 is 10.2 Å². The number of carbonyl (C=O) groups excluding carboxylic acids is 2. The lowest BCUT2D eigenvalue weighted by Crippen LogP contribution is -2.53. The summed E-state index contributed by atoms with van der Waals surface area (Å²) in [6, 6.07) is 28.3. The molecule has 0 aliphatic carbocycles. The molecule has 0 aliphatic heterocycles. The Labute approximate surface area is 255 Å². The second kappa shape index (κ2) is 13.7. The molecule has 2 amide bonds. The van der Waals surface area contributed by atoms with Gasteiger partial charge in [-0.25, -0.2) is 8.42 Å². The van der Waals surface area contributed by atoms with Gasteiger partial charge in [-0.05, 0) is 73.7 Å². The van der Waals surface area contributed by atoms with Gasteiger partial charge in [-0.15, -0.1) is 0 Å². The molecule has 1 atom stereocenters. The molecule has 4 aromatic carbocycles. The van der Waals surface area contributed by atoms with Crippen molar-refractivity contribution in [2.75, 3.05) is 17.9 Å². The largest absolute Gasteiger partial charge is 0.357 e. The van der Waals surface area contributed by atoms with Gasteiger partial charge in [0, 0.05) is 20.0 Å². The molecule has 0 aliphatic rings. The first-order valence-corrected chi connectivity index (χ1v) is 15.7. The number of anilines is 1. The quantitative estimate of drug-likeness (QED) is 0.247. The SMILES string of the molecule is CNC(=O)[C@@H](Cc1ccccc1)N(Cc1ccccc1C)C(=O)CN(c1cccc(C)c1C)S(=O)(=O)c1ccc(C)cc1. The van der Waals surface area contributed by atoms with E-state index >= 15 is 0 Å². The van der Waals surface area contributed by atoms with Crippen LogP contribution in [0.25, 0.3) is 0 Å². The number of amides is 2. The summed E-state index contributed by atoms with van der Waals surface area (Å²) >= 11 is 0. The molecule has 0 saturated carbocycles. The van der Waals surface area contributed by atoms with E-state index in [9.17, 15) is 18.0 Å². The molecule has 0 heterocycles. The second-order valence-corrected chi connectivity index (χ2v) is 12.7. The molecule has 43 heavy (non-hydrogen) atoms. The minimum absolute atomic E-state index is 0.0874. The predicted octanol–water partition coefficient (Wildman–Crippen LogP) is 5.50. The standard InChI is InChI=1S/C35H39N3O4S/c1-25-18-20-31(21-19-25)43(41,42)38(32-17-11-13-26(2)28(32)4)24-34(39)37(23-30-16-10-9-12-27(30)3)33(35(40)36-5)22-29-14-7-6-8-15-29/h6-21,33H,22-24H2,1-5H3,(H,36,40)/t33-/m1/s1. The van der Waals surface area contributed by atoms with Crippen molar-refractivity contribution < 1.29 is 18.0 Å². The van der Waals surface area contributed by atoms with E-state index in [1.165, 1.54) is 9.21 Å². The Morgan fingerprint density at radius 1 is 0.767 bits per heavy atom. The van der Waals surface area contributed by atoms with E-state index in [4.69, 9.17) is 0 Å². The van der Waals surface area contributed by atoms with Gasteiger partial charge in [-0.2, -0.15) is 0 Å². The number of nitrogens with one attached hydrogen (secondary N) is 1. The third-order valence-corrected chi connectivity index (χ3v) is 9.63. The molecule has 0 bridgehead atoms. The van der Waals surface area contributed by atoms with Crippen LogP contribution < -0.4 is 9.62 Å². The minimum atomic E-state index is -4.14. The number of sulfonamides is 1. The number of hydrogen-bond donors (Lipinski definition) is 1. The van der Waals surface area contributed by atoms with Crippen molar-refractivity contribution in [1.29, 1.82) is 0 Å². The van der Waals surface area contributed by atoms with Crippen molar-refractivity contribution in [1.82, 2.24) is 10.2 Å². The highest BCUT2D eigenvalue weighted by Crippen LogP contribution is 2.29. The lowest BCUT2D eigenvalue weighted by Gasteiger charge is -2.34. The highest BCUT2D eigenvalue weighted by Gasteiger charge is 2.35. The average molecular weight is 598 g/mol. The molecule has 4 aromatic rings. The van der Waals surface area contributed by atoms with Crippen molar-refractivity contribution >= 4 is 27.5 Å². The molecular formula is C35H39N3O4S. The van der Waals surface area contributed by atoms with Crippen LogP contribution in [0, 0.1) is 27.7 Å². The molecule has 0 unspecified atom stereocenters. The lowest BCUT2D eigenvalue weighted by molar-refractivity contribution is -0.139. The van der Waals surface area contributed by atoms with Gasteiger partial charge in [0.25, 0.3) is 10.0 Å². The van der Waals surface area contributed by atoms with E-state index in [1.807, 2.05) is 88.4 Å². The van der Waals surface area contributed by atoms with Crippen LogP contribution in [0.4, 0.5) is 5.69 Å². The maximum atomic E-state index is 14.5. The van der Waals surface area contributed by atoms with Crippen molar-refractivity contribution in [2.24, 2.45) is 0 Å². The number of carbonyl (C=O) groups is 2. The van der Waals surface area contributed by atoms with E-state index in [0.29, 0.717) is 5.69 Å². The fourth-order valence-electron chi connectivity index (χ4n) is 5.05. The molecule has 0 aromatic heterocycles. The molecule has 0 saturated heterocycles. The maximum absolute atomic E-state index is 14.5. The summed E-state index contributed by atoms with van der Waals surface area (Å²) in [5, 5.41) is 2.72. The van der Waals surface area contributed by atoms with Crippen molar-refractivity contribution in [3.05, 3.63) is 130 Å². The predicted molar refractivity (Wildman–Crippen MR) is 171 cm³/mol. The van der Waals surface area contributed by atoms with Gasteiger partial charge in [0.15, 0.2) is 0 Å². The Morgan fingerprint density at radius 2 is 1.40 bits per heavy atom. The third-order valence-electron chi connectivity index (χ3n) is 7.85. The highest BCUT2D eigenvalue weighted by molar-refractivity contribution is 7.92. The van der Waals surface area contributed by atoms with Crippen molar-refractivity contribution in [3.63, 3.8) is 0 Å². The summed E-state index contributed by atoms with van der Waals surface area (Å²) in [5.41, 5.74) is 5.72. The van der Waals surface area contributed by atoms with Crippen LogP contribution in [0.15, 0.2) is 102 Å². The van der Waals surface area contributed by atoms with E-state index in [1.54, 1.807) is 43.4 Å². The fraction of sp³-hybridized carbons (Fsp3) is 0.257. The average Bonchev–Trinajstić information content (AvgIpc) is 3.00. The second-order valence-electron chi connectivity index (χ2n) is 10.8. The van der Waals surface area contributed by atoms with Gasteiger partial charge >= 0.3 is 0 Å². The number of rotatable bonds is 11. The summed E-state index contributed by atoms with van der Waals surface area (Å²) in [6.07, 6.45) is 0.270. The van der Waals surface area contributed by atoms with Crippen LogP contribution in [-0.2, 0) is 32.6 Å². The summed E-state index contributed by atoms with van der Waals surface area (Å²) < 4.78 is 29.6. The zero-order valence-electron chi connectivity index (χ0n) is 25.4. The van der Waals surface area contributed by atoms with Crippen LogP contribution in [-0.4, -0.2) is 44.8 Å². The van der Waals surface area contributed by atoms with Gasteiger partial charge in [-0.1, -0.05) is 84.4 Å². The van der Waals surface area contributed by atoms with Crippen LogP contribution >= 0.6 is 0 Å². The van der Waals surface area contributed by atoms with E-state index < -0.39 is 28.5 Å². The normalized spacial score (nSPS) is 11.9. The summed E-state index contributed by atoms with van der Waals surface area (Å²) in [7, 11) is -2.60. The van der Waals surface area contributed by atoms with Crippen molar-refractivity contribution in [2.45, 2.75) is 51.6 Å². The molecule has 8 heteroatoms. The van der Waals surface area contributed by atoms with Gasteiger partial charge in [0.05, 0.1) is 10.6 Å². The Balaban J connectivity index is 1.83. The molecule has 7 nitrogen and oxygen atoms in total. The van der Waals surface area contributed by atoms with Crippen LogP contribution in [0.1, 0.15) is 33.4 Å². The maximum Gasteiger partial charge on any atom is 0.264 e. The van der Waals surface area contributed by atoms with E-state index in [-0.39, 0.29) is 23.8 Å². The molecule has 0 spiro atoms. The smallest absolute Gasteiger partial charge is 0.264 e. The Kier molecular flexibility index (Phi) is 10.0. The Bertz CT molecular complexity index is 1690. The lowest BCUT2D eigenvalue weighted by atomic mass is 10.0. The number of likely N-dealkylation sites (N-methyl/N-ethyl adjacent to an activating group) is 1. The summed E-state index contributed by atoms with van der Waals surface area (Å²) in [4.78, 5) is 29.5. The molecule has 0 fully saturated rings. The molecule has 0 radical (unpaired) electrons. The van der Waals surface area contributed by atoms with Crippen molar-refractivity contribution in [3.8, 4) is 0 Å². The zero-order chi connectivity index (χ0) is 31.1. The van der Waals surface area contributed by atoms with Gasteiger partial charge in [0.1, 0.15) is 12.6 Å². The topological polar surface area (TPSA) is 86.8 Å². The van der Waals surface area contributed by atoms with Crippen LogP contribution in [0.2, 0.25) is 0 Å². The third kappa shape index (κ3) is 7.32. The first kappa shape index (κ1) is 31.5. The Hall–Kier alpha value is -4.43. The first-order chi connectivity index (χ1) is 20.5. The Morgan fingerprint density at radius 3 is 2.05 bits per heavy atom. The summed E-state index contributed by atoms with van der Waals surface area (Å²) in [6.45, 7) is 7.26. The fourth-order valence-corrected chi connectivity index (χ4v) is 6.52. The number of benzene rings is 4. The highest BCUT2D eigenvalue weighted by atomic mass is 32.2. The summed E-state index contributed by atoms with van der Waals surface area (Å²) in [5.74, 6) is -0.810. The van der Waals surface area contributed by atoms with Gasteiger partial charge in [-0.3, -0.25) is 13.9 Å². The van der Waals surface area contributed by atoms with E-state index in [0.717, 1.165) is 33.4 Å². The molecule has 4 rings (SSSR count). The van der Waals surface area contributed by atoms with Gasteiger partial charge in [0.2, 0.25) is 11.8 Å². The minimum Gasteiger partial charge on any atom is -0.357 e.